The van der Waals surface area contributed by atoms with Gasteiger partial charge in [0.15, 0.2) is 23.3 Å². The molecule has 1 aliphatic heterocycles. The number of aryl methyl sites for hydroxylation is 2. The second kappa shape index (κ2) is 12.0. The molecule has 0 N–H and O–H groups in total. The third-order valence-electron chi connectivity index (χ3n) is 7.09. The van der Waals surface area contributed by atoms with Gasteiger partial charge in [-0.05, 0) is 67.3 Å². The number of rotatable bonds is 8. The summed E-state index contributed by atoms with van der Waals surface area (Å²) >= 11 is 0. The Labute approximate surface area is 215 Å². The summed E-state index contributed by atoms with van der Waals surface area (Å²) in [6.45, 7) is 4.20. The Kier molecular flexibility index (Phi) is 8.80. The molecule has 1 aliphatic rings. The second-order valence-corrected chi connectivity index (χ2v) is 9.60. The van der Waals surface area contributed by atoms with Gasteiger partial charge in [0.25, 0.3) is 0 Å². The molecule has 196 valence electrons. The lowest BCUT2D eigenvalue weighted by molar-refractivity contribution is -0.00181. The fourth-order valence-electron chi connectivity index (χ4n) is 5.01. The molecular formula is C31H31F5O. The van der Waals surface area contributed by atoms with Gasteiger partial charge in [-0.25, -0.2) is 22.0 Å². The van der Waals surface area contributed by atoms with Crippen molar-refractivity contribution in [1.29, 1.82) is 0 Å². The lowest BCUT2D eigenvalue weighted by Crippen LogP contribution is -2.25. The minimum atomic E-state index is -1.25. The summed E-state index contributed by atoms with van der Waals surface area (Å²) in [5.41, 5.74) is 0.632. The van der Waals surface area contributed by atoms with Crippen molar-refractivity contribution in [2.75, 3.05) is 6.61 Å². The summed E-state index contributed by atoms with van der Waals surface area (Å²) in [4.78, 5) is 0. The van der Waals surface area contributed by atoms with Crippen LogP contribution in [0, 0.1) is 29.1 Å². The van der Waals surface area contributed by atoms with Crippen LogP contribution < -0.4 is 0 Å². The molecule has 0 saturated carbocycles. The van der Waals surface area contributed by atoms with E-state index >= 15 is 13.2 Å². The molecule has 0 bridgehead atoms. The Morgan fingerprint density at radius 3 is 2.14 bits per heavy atom. The van der Waals surface area contributed by atoms with E-state index in [-0.39, 0.29) is 47.1 Å². The number of halogens is 5. The third-order valence-corrected chi connectivity index (χ3v) is 7.09. The maximum Gasteiger partial charge on any atom is 0.167 e. The fraction of sp³-hybridized carbons (Fsp3) is 0.355. The molecule has 3 aromatic rings. The lowest BCUT2D eigenvalue weighted by atomic mass is 9.88. The molecule has 1 fully saturated rings. The van der Waals surface area contributed by atoms with E-state index in [0.29, 0.717) is 24.2 Å². The van der Waals surface area contributed by atoms with Crippen molar-refractivity contribution >= 4 is 6.08 Å². The first-order chi connectivity index (χ1) is 17.8. The van der Waals surface area contributed by atoms with E-state index in [2.05, 4.69) is 6.92 Å². The standard InChI is InChI=1S/C31H31F5O/c1-3-5-19-7-8-20(27(32)17-19)9-10-21-12-14-25(30(35)28(21)33)26-16-15-24(29(34)31(26)36)22-11-13-23(6-4-2)37-18-22/h3,5,7-8,12,14-17,22-23H,4,6,9-11,13,18H2,1-2H3. The van der Waals surface area contributed by atoms with Gasteiger partial charge >= 0.3 is 0 Å². The van der Waals surface area contributed by atoms with E-state index in [1.807, 2.05) is 6.92 Å². The van der Waals surface area contributed by atoms with Crippen LogP contribution >= 0.6 is 0 Å². The summed E-state index contributed by atoms with van der Waals surface area (Å²) < 4.78 is 80.2. The molecule has 2 atom stereocenters. The molecule has 3 aromatic carbocycles. The highest BCUT2D eigenvalue weighted by molar-refractivity contribution is 5.66. The molecule has 0 aromatic heterocycles. The van der Waals surface area contributed by atoms with Crippen LogP contribution in [0.3, 0.4) is 0 Å². The quantitative estimate of drug-likeness (QED) is 0.273. The van der Waals surface area contributed by atoms with E-state index < -0.39 is 29.1 Å². The second-order valence-electron chi connectivity index (χ2n) is 9.60. The van der Waals surface area contributed by atoms with Crippen LogP contribution in [0.25, 0.3) is 17.2 Å². The highest BCUT2D eigenvalue weighted by Crippen LogP contribution is 2.36. The summed E-state index contributed by atoms with van der Waals surface area (Å²) in [5.74, 6) is -5.36. The first-order valence-corrected chi connectivity index (χ1v) is 12.8. The van der Waals surface area contributed by atoms with Crippen LogP contribution in [0.2, 0.25) is 0 Å². The zero-order valence-electron chi connectivity index (χ0n) is 21.1. The van der Waals surface area contributed by atoms with Gasteiger partial charge in [0, 0.05) is 17.0 Å². The van der Waals surface area contributed by atoms with E-state index in [4.69, 9.17) is 4.74 Å². The Morgan fingerprint density at radius 2 is 1.49 bits per heavy atom. The Morgan fingerprint density at radius 1 is 0.811 bits per heavy atom. The molecule has 1 saturated heterocycles. The van der Waals surface area contributed by atoms with Gasteiger partial charge in [-0.15, -0.1) is 0 Å². The summed E-state index contributed by atoms with van der Waals surface area (Å²) in [5, 5.41) is 0. The zero-order chi connectivity index (χ0) is 26.5. The van der Waals surface area contributed by atoms with Crippen molar-refractivity contribution in [2.24, 2.45) is 0 Å². The average molecular weight is 515 g/mol. The SMILES string of the molecule is CC=Cc1ccc(CCc2ccc(-c3ccc(C4CCC(CCC)OC4)c(F)c3F)c(F)c2F)c(F)c1. The fourth-order valence-corrected chi connectivity index (χ4v) is 5.01. The predicted octanol–water partition coefficient (Wildman–Crippen LogP) is 8.93. The van der Waals surface area contributed by atoms with Crippen LogP contribution in [-0.4, -0.2) is 12.7 Å². The van der Waals surface area contributed by atoms with Crippen molar-refractivity contribution in [3.05, 3.63) is 99.9 Å². The molecule has 6 heteroatoms. The lowest BCUT2D eigenvalue weighted by Gasteiger charge is -2.29. The smallest absolute Gasteiger partial charge is 0.167 e. The first-order valence-electron chi connectivity index (χ1n) is 12.8. The first kappa shape index (κ1) is 27.1. The van der Waals surface area contributed by atoms with Gasteiger partial charge in [0.1, 0.15) is 5.82 Å². The third kappa shape index (κ3) is 5.96. The van der Waals surface area contributed by atoms with Gasteiger partial charge in [-0.3, -0.25) is 0 Å². The Balaban J connectivity index is 1.52. The Hall–Kier alpha value is -2.99. The maximum atomic E-state index is 15.1. The van der Waals surface area contributed by atoms with Crippen molar-refractivity contribution < 1.29 is 26.7 Å². The average Bonchev–Trinajstić information content (AvgIpc) is 2.89. The van der Waals surface area contributed by atoms with Crippen LogP contribution in [0.15, 0.2) is 48.5 Å². The largest absolute Gasteiger partial charge is 0.378 e. The molecule has 1 heterocycles. The Bertz CT molecular complexity index is 1280. The van der Waals surface area contributed by atoms with Crippen LogP contribution in [0.1, 0.15) is 67.7 Å². The molecule has 0 radical (unpaired) electrons. The van der Waals surface area contributed by atoms with Crippen LogP contribution in [0.5, 0.6) is 0 Å². The molecule has 0 amide bonds. The number of ether oxygens (including phenoxy) is 1. The van der Waals surface area contributed by atoms with Crippen molar-refractivity contribution in [3.63, 3.8) is 0 Å². The van der Waals surface area contributed by atoms with Gasteiger partial charge < -0.3 is 4.74 Å². The minimum Gasteiger partial charge on any atom is -0.378 e. The number of benzene rings is 3. The predicted molar refractivity (Wildman–Crippen MR) is 137 cm³/mol. The van der Waals surface area contributed by atoms with E-state index in [9.17, 15) is 8.78 Å². The normalized spacial score (nSPS) is 18.0. The minimum absolute atomic E-state index is 0.0386. The molecular weight excluding hydrogens is 483 g/mol. The van der Waals surface area contributed by atoms with Crippen molar-refractivity contribution in [1.82, 2.24) is 0 Å². The molecule has 1 nitrogen and oxygen atoms in total. The van der Waals surface area contributed by atoms with E-state index in [1.54, 1.807) is 24.3 Å². The molecule has 37 heavy (non-hydrogen) atoms. The summed E-state index contributed by atoms with van der Waals surface area (Å²) in [6, 6.07) is 10.1. The maximum absolute atomic E-state index is 15.1. The monoisotopic (exact) mass is 514 g/mol. The topological polar surface area (TPSA) is 9.23 Å². The van der Waals surface area contributed by atoms with Crippen molar-refractivity contribution in [3.8, 4) is 11.1 Å². The van der Waals surface area contributed by atoms with E-state index in [0.717, 1.165) is 19.3 Å². The highest BCUT2D eigenvalue weighted by atomic mass is 19.2. The number of allylic oxidation sites excluding steroid dienone is 1. The molecule has 2 unspecified atom stereocenters. The number of hydrogen-bond donors (Lipinski definition) is 0. The van der Waals surface area contributed by atoms with Crippen LogP contribution in [0.4, 0.5) is 22.0 Å². The number of hydrogen-bond acceptors (Lipinski definition) is 1. The van der Waals surface area contributed by atoms with Gasteiger partial charge in [0.05, 0.1) is 12.7 Å². The highest BCUT2D eigenvalue weighted by Gasteiger charge is 2.28. The molecule has 0 aliphatic carbocycles. The summed E-state index contributed by atoms with van der Waals surface area (Å²) in [7, 11) is 0. The van der Waals surface area contributed by atoms with Crippen LogP contribution in [-0.2, 0) is 17.6 Å². The zero-order valence-corrected chi connectivity index (χ0v) is 21.1. The van der Waals surface area contributed by atoms with Gasteiger partial charge in [-0.2, -0.15) is 0 Å². The van der Waals surface area contributed by atoms with Gasteiger partial charge in [-0.1, -0.05) is 61.9 Å². The molecule has 4 rings (SSSR count). The summed E-state index contributed by atoms with van der Waals surface area (Å²) in [6.07, 6.45) is 7.29. The van der Waals surface area contributed by atoms with Crippen molar-refractivity contribution in [2.45, 2.75) is 64.4 Å². The van der Waals surface area contributed by atoms with E-state index in [1.165, 1.54) is 30.3 Å². The molecule has 0 spiro atoms. The van der Waals surface area contributed by atoms with Gasteiger partial charge in [0.2, 0.25) is 0 Å².